The third kappa shape index (κ3) is 6.68. The molecule has 0 unspecified atom stereocenters. The fourth-order valence-electron chi connectivity index (χ4n) is 1.66. The second-order valence-corrected chi connectivity index (χ2v) is 6.03. The van der Waals surface area contributed by atoms with E-state index in [1.807, 2.05) is 25.1 Å². The molecule has 0 amide bonds. The first-order valence-electron chi connectivity index (χ1n) is 6.40. The van der Waals surface area contributed by atoms with Gasteiger partial charge in [-0.3, -0.25) is 0 Å². The van der Waals surface area contributed by atoms with Crippen LogP contribution >= 0.6 is 0 Å². The van der Waals surface area contributed by atoms with Gasteiger partial charge in [0.2, 0.25) is 10.0 Å². The van der Waals surface area contributed by atoms with Gasteiger partial charge in [-0.25, -0.2) is 13.1 Å². The zero-order valence-corrected chi connectivity index (χ0v) is 12.1. The van der Waals surface area contributed by atoms with Crippen LogP contribution in [0.5, 0.6) is 0 Å². The molecule has 1 aromatic rings. The van der Waals surface area contributed by atoms with E-state index in [4.69, 9.17) is 10.5 Å². The summed E-state index contributed by atoms with van der Waals surface area (Å²) in [6.45, 7) is 3.95. The molecule has 0 aliphatic rings. The average molecular weight is 286 g/mol. The van der Waals surface area contributed by atoms with Gasteiger partial charge in [-0.15, -0.1) is 0 Å². The van der Waals surface area contributed by atoms with E-state index in [-0.39, 0.29) is 5.75 Å². The minimum absolute atomic E-state index is 0.0184. The minimum atomic E-state index is -3.29. The second-order valence-electron chi connectivity index (χ2n) is 4.23. The van der Waals surface area contributed by atoms with Crippen molar-refractivity contribution in [2.75, 3.05) is 19.8 Å². The van der Waals surface area contributed by atoms with Crippen molar-refractivity contribution >= 4 is 10.0 Å². The third-order valence-electron chi connectivity index (χ3n) is 2.58. The Morgan fingerprint density at radius 3 is 2.74 bits per heavy atom. The van der Waals surface area contributed by atoms with Gasteiger partial charge in [0.05, 0.1) is 5.75 Å². The standard InChI is InChI=1S/C13H22N2O3S/c1-2-18-8-4-7-15-19(16,17)11-13-6-3-5-12(9-13)10-14/h3,5-6,9,15H,2,4,7-8,10-11,14H2,1H3. The SMILES string of the molecule is CCOCCCNS(=O)(=O)Cc1cccc(CN)c1. The minimum Gasteiger partial charge on any atom is -0.382 e. The van der Waals surface area contributed by atoms with Gasteiger partial charge in [-0.05, 0) is 24.5 Å². The lowest BCUT2D eigenvalue weighted by Crippen LogP contribution is -2.27. The molecule has 0 saturated carbocycles. The Kier molecular flexibility index (Phi) is 7.01. The molecule has 0 spiro atoms. The summed E-state index contributed by atoms with van der Waals surface area (Å²) in [6.07, 6.45) is 0.676. The van der Waals surface area contributed by atoms with E-state index in [1.54, 1.807) is 6.07 Å². The maximum absolute atomic E-state index is 11.8. The van der Waals surface area contributed by atoms with Crippen LogP contribution in [-0.2, 0) is 27.1 Å². The highest BCUT2D eigenvalue weighted by atomic mass is 32.2. The van der Waals surface area contributed by atoms with Crippen molar-refractivity contribution in [1.82, 2.24) is 4.72 Å². The Hall–Kier alpha value is -0.950. The predicted octanol–water partition coefficient (Wildman–Crippen LogP) is 0.991. The average Bonchev–Trinajstić information content (AvgIpc) is 2.38. The van der Waals surface area contributed by atoms with Crippen molar-refractivity contribution in [3.8, 4) is 0 Å². The lowest BCUT2D eigenvalue weighted by atomic mass is 10.1. The summed E-state index contributed by atoms with van der Waals surface area (Å²) < 4.78 is 31.4. The highest BCUT2D eigenvalue weighted by Gasteiger charge is 2.10. The molecule has 0 aliphatic heterocycles. The summed E-state index contributed by atoms with van der Waals surface area (Å²) in [5.41, 5.74) is 7.21. The number of benzene rings is 1. The van der Waals surface area contributed by atoms with Crippen LogP contribution in [0.2, 0.25) is 0 Å². The van der Waals surface area contributed by atoms with Gasteiger partial charge in [-0.1, -0.05) is 24.3 Å². The van der Waals surface area contributed by atoms with E-state index < -0.39 is 10.0 Å². The normalized spacial score (nSPS) is 11.7. The van der Waals surface area contributed by atoms with Crippen LogP contribution in [0.4, 0.5) is 0 Å². The molecule has 5 nitrogen and oxygen atoms in total. The molecule has 0 aromatic heterocycles. The number of rotatable bonds is 9. The number of nitrogens with two attached hydrogens (primary N) is 1. The van der Waals surface area contributed by atoms with Crippen LogP contribution in [0, 0.1) is 0 Å². The highest BCUT2D eigenvalue weighted by molar-refractivity contribution is 7.88. The number of ether oxygens (including phenoxy) is 1. The van der Waals surface area contributed by atoms with Gasteiger partial charge in [0, 0.05) is 26.3 Å². The molecule has 0 bridgehead atoms. The third-order valence-corrected chi connectivity index (χ3v) is 3.93. The lowest BCUT2D eigenvalue weighted by Gasteiger charge is -2.08. The molecule has 0 radical (unpaired) electrons. The van der Waals surface area contributed by atoms with Crippen molar-refractivity contribution in [3.05, 3.63) is 35.4 Å². The molecule has 19 heavy (non-hydrogen) atoms. The molecule has 0 atom stereocenters. The fourth-order valence-corrected chi connectivity index (χ4v) is 2.84. The number of sulfonamides is 1. The van der Waals surface area contributed by atoms with Crippen LogP contribution in [0.25, 0.3) is 0 Å². The summed E-state index contributed by atoms with van der Waals surface area (Å²) in [4.78, 5) is 0. The summed E-state index contributed by atoms with van der Waals surface area (Å²) in [5.74, 6) is -0.0184. The first-order chi connectivity index (χ1) is 9.07. The van der Waals surface area contributed by atoms with E-state index in [9.17, 15) is 8.42 Å². The van der Waals surface area contributed by atoms with E-state index in [0.29, 0.717) is 32.7 Å². The second kappa shape index (κ2) is 8.27. The molecule has 1 rings (SSSR count). The fraction of sp³-hybridized carbons (Fsp3) is 0.538. The Morgan fingerprint density at radius 1 is 1.32 bits per heavy atom. The van der Waals surface area contributed by atoms with Crippen molar-refractivity contribution < 1.29 is 13.2 Å². The number of hydrogen-bond acceptors (Lipinski definition) is 4. The van der Waals surface area contributed by atoms with Crippen molar-refractivity contribution in [3.63, 3.8) is 0 Å². The molecule has 0 aliphatic carbocycles. The summed E-state index contributed by atoms with van der Waals surface area (Å²) >= 11 is 0. The molecule has 108 valence electrons. The van der Waals surface area contributed by atoms with Crippen LogP contribution in [0.3, 0.4) is 0 Å². The van der Waals surface area contributed by atoms with E-state index in [2.05, 4.69) is 4.72 Å². The summed E-state index contributed by atoms with van der Waals surface area (Å²) in [5, 5.41) is 0. The Morgan fingerprint density at radius 2 is 2.05 bits per heavy atom. The van der Waals surface area contributed by atoms with Gasteiger partial charge in [0.25, 0.3) is 0 Å². The van der Waals surface area contributed by atoms with Crippen molar-refractivity contribution in [1.29, 1.82) is 0 Å². The summed E-state index contributed by atoms with van der Waals surface area (Å²) in [7, 11) is -3.29. The van der Waals surface area contributed by atoms with Crippen molar-refractivity contribution in [2.24, 2.45) is 5.73 Å². The Balaban J connectivity index is 2.45. The molecular formula is C13H22N2O3S. The first-order valence-corrected chi connectivity index (χ1v) is 8.05. The van der Waals surface area contributed by atoms with Crippen LogP contribution in [-0.4, -0.2) is 28.2 Å². The van der Waals surface area contributed by atoms with Gasteiger partial charge in [0.1, 0.15) is 0 Å². The summed E-state index contributed by atoms with van der Waals surface area (Å²) in [6, 6.07) is 7.31. The monoisotopic (exact) mass is 286 g/mol. The Labute approximate surface area is 115 Å². The van der Waals surface area contributed by atoms with Gasteiger partial charge in [0.15, 0.2) is 0 Å². The molecule has 3 N–H and O–H groups in total. The largest absolute Gasteiger partial charge is 0.382 e. The maximum Gasteiger partial charge on any atom is 0.215 e. The van der Waals surface area contributed by atoms with Crippen LogP contribution < -0.4 is 10.5 Å². The molecule has 1 aromatic carbocycles. The Bertz CT molecular complexity index is 475. The van der Waals surface area contributed by atoms with Crippen LogP contribution in [0.1, 0.15) is 24.5 Å². The first kappa shape index (κ1) is 16.1. The van der Waals surface area contributed by atoms with E-state index in [1.165, 1.54) is 0 Å². The highest BCUT2D eigenvalue weighted by Crippen LogP contribution is 2.08. The molecular weight excluding hydrogens is 264 g/mol. The molecule has 0 fully saturated rings. The molecule has 6 heteroatoms. The zero-order chi connectivity index (χ0) is 14.1. The lowest BCUT2D eigenvalue weighted by molar-refractivity contribution is 0.146. The van der Waals surface area contributed by atoms with Gasteiger partial charge < -0.3 is 10.5 Å². The topological polar surface area (TPSA) is 81.4 Å². The molecule has 0 saturated heterocycles. The zero-order valence-electron chi connectivity index (χ0n) is 11.3. The maximum atomic E-state index is 11.8. The smallest absolute Gasteiger partial charge is 0.215 e. The number of nitrogens with one attached hydrogen (secondary N) is 1. The van der Waals surface area contributed by atoms with Crippen molar-refractivity contribution in [2.45, 2.75) is 25.6 Å². The van der Waals surface area contributed by atoms with Gasteiger partial charge in [-0.2, -0.15) is 0 Å². The number of hydrogen-bond donors (Lipinski definition) is 2. The molecule has 0 heterocycles. The van der Waals surface area contributed by atoms with Gasteiger partial charge >= 0.3 is 0 Å². The van der Waals surface area contributed by atoms with E-state index >= 15 is 0 Å². The predicted molar refractivity (Wildman–Crippen MR) is 76.1 cm³/mol. The quantitative estimate of drug-likeness (QED) is 0.663. The van der Waals surface area contributed by atoms with E-state index in [0.717, 1.165) is 11.1 Å². The van der Waals surface area contributed by atoms with Crippen LogP contribution in [0.15, 0.2) is 24.3 Å².